The molecule has 0 aromatic carbocycles. The summed E-state index contributed by atoms with van der Waals surface area (Å²) in [6.07, 6.45) is 3.18. The number of aryl methyl sites for hydroxylation is 2. The molecule has 0 bridgehead atoms. The van der Waals surface area contributed by atoms with Gasteiger partial charge in [-0.2, -0.15) is 5.10 Å². The van der Waals surface area contributed by atoms with Gasteiger partial charge in [0.2, 0.25) is 0 Å². The highest BCUT2D eigenvalue weighted by Crippen LogP contribution is 2.23. The molecule has 0 aliphatic heterocycles. The van der Waals surface area contributed by atoms with E-state index in [-0.39, 0.29) is 6.04 Å². The van der Waals surface area contributed by atoms with E-state index in [2.05, 4.69) is 34.9 Å². The quantitative estimate of drug-likeness (QED) is 0.905. The Morgan fingerprint density at radius 3 is 2.31 bits per heavy atom. The standard InChI is InChI=1S/C12H22BrN3/c1-5-9(6-2)10(14)7-11-12(13)8(3)15-16(11)4/h9-10H,5-7,14H2,1-4H3. The van der Waals surface area contributed by atoms with E-state index in [0.29, 0.717) is 5.92 Å². The molecule has 0 aliphatic rings. The number of halogens is 1. The van der Waals surface area contributed by atoms with Crippen LogP contribution in [0.5, 0.6) is 0 Å². The van der Waals surface area contributed by atoms with Crippen LogP contribution in [0, 0.1) is 12.8 Å². The first-order valence-corrected chi connectivity index (χ1v) is 6.74. The maximum absolute atomic E-state index is 6.26. The number of hydrogen-bond acceptors (Lipinski definition) is 2. The predicted molar refractivity (Wildman–Crippen MR) is 71.4 cm³/mol. The van der Waals surface area contributed by atoms with Gasteiger partial charge in [0, 0.05) is 19.5 Å². The van der Waals surface area contributed by atoms with Crippen molar-refractivity contribution in [1.29, 1.82) is 0 Å². The minimum atomic E-state index is 0.223. The smallest absolute Gasteiger partial charge is 0.0738 e. The van der Waals surface area contributed by atoms with Crippen LogP contribution >= 0.6 is 15.9 Å². The zero-order valence-electron chi connectivity index (χ0n) is 10.6. The van der Waals surface area contributed by atoms with Crippen molar-refractivity contribution in [3.63, 3.8) is 0 Å². The molecule has 0 amide bonds. The third-order valence-electron chi connectivity index (χ3n) is 3.34. The van der Waals surface area contributed by atoms with Gasteiger partial charge in [-0.25, -0.2) is 0 Å². The zero-order chi connectivity index (χ0) is 12.3. The average Bonchev–Trinajstić information content (AvgIpc) is 2.47. The van der Waals surface area contributed by atoms with Crippen LogP contribution in [-0.4, -0.2) is 15.8 Å². The van der Waals surface area contributed by atoms with Crippen molar-refractivity contribution in [1.82, 2.24) is 9.78 Å². The van der Waals surface area contributed by atoms with Crippen molar-refractivity contribution < 1.29 is 0 Å². The maximum atomic E-state index is 6.26. The Morgan fingerprint density at radius 1 is 1.38 bits per heavy atom. The van der Waals surface area contributed by atoms with Crippen molar-refractivity contribution in [2.75, 3.05) is 0 Å². The Bertz CT molecular complexity index is 342. The van der Waals surface area contributed by atoms with Crippen LogP contribution in [-0.2, 0) is 13.5 Å². The average molecular weight is 288 g/mol. The van der Waals surface area contributed by atoms with E-state index in [1.807, 2.05) is 18.7 Å². The second-order valence-electron chi connectivity index (χ2n) is 4.41. The third kappa shape index (κ3) is 2.86. The second kappa shape index (κ2) is 5.82. The van der Waals surface area contributed by atoms with Crippen molar-refractivity contribution in [2.24, 2.45) is 18.7 Å². The first-order valence-electron chi connectivity index (χ1n) is 5.94. The minimum absolute atomic E-state index is 0.223. The van der Waals surface area contributed by atoms with Crippen LogP contribution in [0.2, 0.25) is 0 Å². The van der Waals surface area contributed by atoms with Gasteiger partial charge in [-0.1, -0.05) is 26.7 Å². The Kier molecular flexibility index (Phi) is 4.99. The highest BCUT2D eigenvalue weighted by Gasteiger charge is 2.19. The summed E-state index contributed by atoms with van der Waals surface area (Å²) >= 11 is 3.58. The fraction of sp³-hybridized carbons (Fsp3) is 0.750. The van der Waals surface area contributed by atoms with Gasteiger partial charge in [0.25, 0.3) is 0 Å². The summed E-state index contributed by atoms with van der Waals surface area (Å²) in [4.78, 5) is 0. The number of aromatic nitrogens is 2. The van der Waals surface area contributed by atoms with E-state index < -0.39 is 0 Å². The number of rotatable bonds is 5. The van der Waals surface area contributed by atoms with Crippen LogP contribution in [0.4, 0.5) is 0 Å². The summed E-state index contributed by atoms with van der Waals surface area (Å²) in [6.45, 7) is 6.42. The van der Waals surface area contributed by atoms with E-state index in [9.17, 15) is 0 Å². The summed E-state index contributed by atoms with van der Waals surface area (Å²) < 4.78 is 3.04. The van der Waals surface area contributed by atoms with Gasteiger partial charge in [-0.15, -0.1) is 0 Å². The van der Waals surface area contributed by atoms with Gasteiger partial charge >= 0.3 is 0 Å². The first-order chi connectivity index (χ1) is 7.51. The van der Waals surface area contributed by atoms with Crippen LogP contribution in [0.1, 0.15) is 38.1 Å². The molecule has 2 N–H and O–H groups in total. The zero-order valence-corrected chi connectivity index (χ0v) is 12.2. The van der Waals surface area contributed by atoms with Gasteiger partial charge in [-0.05, 0) is 28.8 Å². The van der Waals surface area contributed by atoms with Crippen LogP contribution in [0.25, 0.3) is 0 Å². The lowest BCUT2D eigenvalue weighted by Crippen LogP contribution is -2.32. The summed E-state index contributed by atoms with van der Waals surface area (Å²) in [5.74, 6) is 0.599. The fourth-order valence-corrected chi connectivity index (χ4v) is 2.68. The summed E-state index contributed by atoms with van der Waals surface area (Å²) in [7, 11) is 1.98. The molecular weight excluding hydrogens is 266 g/mol. The molecule has 0 saturated carbocycles. The number of nitrogens with two attached hydrogens (primary N) is 1. The highest BCUT2D eigenvalue weighted by atomic mass is 79.9. The highest BCUT2D eigenvalue weighted by molar-refractivity contribution is 9.10. The molecule has 1 atom stereocenters. The number of hydrogen-bond donors (Lipinski definition) is 1. The van der Waals surface area contributed by atoms with Gasteiger partial charge in [0.15, 0.2) is 0 Å². The predicted octanol–water partition coefficient (Wildman–Crippen LogP) is 2.80. The molecule has 1 aromatic heterocycles. The van der Waals surface area contributed by atoms with E-state index in [1.165, 1.54) is 5.69 Å². The SMILES string of the molecule is CCC(CC)C(N)Cc1c(Br)c(C)nn1C. The molecule has 0 saturated heterocycles. The van der Waals surface area contributed by atoms with Crippen LogP contribution in [0.3, 0.4) is 0 Å². The summed E-state index contributed by atoms with van der Waals surface area (Å²) in [5.41, 5.74) is 8.50. The Hall–Kier alpha value is -0.350. The lowest BCUT2D eigenvalue weighted by molar-refractivity contribution is 0.387. The van der Waals surface area contributed by atoms with Gasteiger partial charge in [-0.3, -0.25) is 4.68 Å². The Morgan fingerprint density at radius 2 is 1.94 bits per heavy atom. The lowest BCUT2D eigenvalue weighted by atomic mass is 9.91. The van der Waals surface area contributed by atoms with E-state index in [1.54, 1.807) is 0 Å². The van der Waals surface area contributed by atoms with Gasteiger partial charge in [0.05, 0.1) is 15.9 Å². The van der Waals surface area contributed by atoms with E-state index in [4.69, 9.17) is 5.73 Å². The fourth-order valence-electron chi connectivity index (χ4n) is 2.19. The van der Waals surface area contributed by atoms with Crippen molar-refractivity contribution in [2.45, 2.75) is 46.1 Å². The second-order valence-corrected chi connectivity index (χ2v) is 5.21. The van der Waals surface area contributed by atoms with Gasteiger partial charge < -0.3 is 5.73 Å². The Labute approximate surface area is 107 Å². The molecule has 3 nitrogen and oxygen atoms in total. The molecule has 1 aromatic rings. The molecule has 0 fully saturated rings. The van der Waals surface area contributed by atoms with Gasteiger partial charge in [0.1, 0.15) is 0 Å². The molecular formula is C12H22BrN3. The monoisotopic (exact) mass is 287 g/mol. The minimum Gasteiger partial charge on any atom is -0.327 e. The van der Waals surface area contributed by atoms with Crippen LogP contribution in [0.15, 0.2) is 4.47 Å². The molecule has 92 valence electrons. The molecule has 0 radical (unpaired) electrons. The largest absolute Gasteiger partial charge is 0.327 e. The normalized spacial score (nSPS) is 13.4. The lowest BCUT2D eigenvalue weighted by Gasteiger charge is -2.21. The van der Waals surface area contributed by atoms with E-state index in [0.717, 1.165) is 29.4 Å². The van der Waals surface area contributed by atoms with E-state index >= 15 is 0 Å². The topological polar surface area (TPSA) is 43.8 Å². The van der Waals surface area contributed by atoms with Crippen molar-refractivity contribution in [3.8, 4) is 0 Å². The van der Waals surface area contributed by atoms with Crippen molar-refractivity contribution in [3.05, 3.63) is 15.9 Å². The molecule has 0 aliphatic carbocycles. The molecule has 1 rings (SSSR count). The molecule has 1 heterocycles. The Balaban J connectivity index is 2.80. The molecule has 16 heavy (non-hydrogen) atoms. The molecule has 4 heteroatoms. The molecule has 0 spiro atoms. The summed E-state index contributed by atoms with van der Waals surface area (Å²) in [6, 6.07) is 0.223. The number of nitrogens with zero attached hydrogens (tertiary/aromatic N) is 2. The third-order valence-corrected chi connectivity index (χ3v) is 4.38. The van der Waals surface area contributed by atoms with Crippen molar-refractivity contribution >= 4 is 15.9 Å². The maximum Gasteiger partial charge on any atom is 0.0738 e. The summed E-state index contributed by atoms with van der Waals surface area (Å²) in [5, 5.41) is 4.39. The first kappa shape index (κ1) is 13.7. The van der Waals surface area contributed by atoms with Crippen LogP contribution < -0.4 is 5.73 Å². The molecule has 1 unspecified atom stereocenters.